The van der Waals surface area contributed by atoms with Crippen LogP contribution in [0.15, 0.2) is 41.0 Å². The van der Waals surface area contributed by atoms with Crippen molar-refractivity contribution in [1.29, 1.82) is 0 Å². The standard InChI is InChI=1S/C16H16N2O5/c19-12-4-3-11(10-13(12)20)15(21)17-5-7-18(8-6-17)16(22)14-2-1-9-23-14/h1-4,9-10,19-20H,5-8H2. The Morgan fingerprint density at radius 3 is 2.13 bits per heavy atom. The number of hydrogen-bond donors (Lipinski definition) is 2. The molecule has 2 heterocycles. The van der Waals surface area contributed by atoms with E-state index in [2.05, 4.69) is 0 Å². The first-order valence-corrected chi connectivity index (χ1v) is 7.20. The summed E-state index contributed by atoms with van der Waals surface area (Å²) in [5.41, 5.74) is 0.297. The first-order chi connectivity index (χ1) is 11.1. The molecule has 3 rings (SSSR count). The lowest BCUT2D eigenvalue weighted by atomic mass is 10.1. The van der Waals surface area contributed by atoms with E-state index in [1.165, 1.54) is 24.5 Å². The summed E-state index contributed by atoms with van der Waals surface area (Å²) in [7, 11) is 0. The van der Waals surface area contributed by atoms with Crippen molar-refractivity contribution in [3.8, 4) is 11.5 Å². The molecule has 7 nitrogen and oxygen atoms in total. The summed E-state index contributed by atoms with van der Waals surface area (Å²) in [6.07, 6.45) is 1.45. The predicted octanol–water partition coefficient (Wildman–Crippen LogP) is 1.29. The first-order valence-electron chi connectivity index (χ1n) is 7.20. The average molecular weight is 316 g/mol. The minimum atomic E-state index is -0.331. The fourth-order valence-corrected chi connectivity index (χ4v) is 2.51. The molecule has 1 aliphatic heterocycles. The van der Waals surface area contributed by atoms with Gasteiger partial charge in [0.2, 0.25) is 0 Å². The Kier molecular flexibility index (Phi) is 3.92. The highest BCUT2D eigenvalue weighted by Gasteiger charge is 2.26. The molecular formula is C16H16N2O5. The smallest absolute Gasteiger partial charge is 0.289 e. The van der Waals surface area contributed by atoms with Gasteiger partial charge in [-0.3, -0.25) is 9.59 Å². The second-order valence-corrected chi connectivity index (χ2v) is 5.27. The summed E-state index contributed by atoms with van der Waals surface area (Å²) in [5, 5.41) is 18.8. The van der Waals surface area contributed by atoms with Gasteiger partial charge in [-0.25, -0.2) is 0 Å². The quantitative estimate of drug-likeness (QED) is 0.814. The van der Waals surface area contributed by atoms with E-state index in [0.29, 0.717) is 31.7 Å². The molecule has 120 valence electrons. The third-order valence-electron chi connectivity index (χ3n) is 3.81. The van der Waals surface area contributed by atoms with Gasteiger partial charge in [-0.1, -0.05) is 0 Å². The second kappa shape index (κ2) is 6.04. The molecule has 1 aliphatic rings. The number of nitrogens with zero attached hydrogens (tertiary/aromatic N) is 2. The molecule has 7 heteroatoms. The lowest BCUT2D eigenvalue weighted by molar-refractivity contribution is 0.0518. The number of phenols is 2. The number of furan rings is 1. The molecule has 1 fully saturated rings. The molecule has 2 amide bonds. The SMILES string of the molecule is O=C(c1ccc(O)c(O)c1)N1CCN(C(=O)c2ccco2)CC1. The highest BCUT2D eigenvalue weighted by molar-refractivity contribution is 5.95. The third kappa shape index (κ3) is 2.98. The monoisotopic (exact) mass is 316 g/mol. The summed E-state index contributed by atoms with van der Waals surface area (Å²) in [5.74, 6) is -0.749. The Labute approximate surface area is 132 Å². The zero-order valence-corrected chi connectivity index (χ0v) is 12.3. The van der Waals surface area contributed by atoms with Crippen LogP contribution >= 0.6 is 0 Å². The Bertz CT molecular complexity index is 718. The van der Waals surface area contributed by atoms with Gasteiger partial charge in [0, 0.05) is 31.7 Å². The van der Waals surface area contributed by atoms with Crippen LogP contribution in [0, 0.1) is 0 Å². The average Bonchev–Trinajstić information content (AvgIpc) is 3.11. The van der Waals surface area contributed by atoms with Crippen LogP contribution in [-0.4, -0.2) is 58.0 Å². The summed E-state index contributed by atoms with van der Waals surface area (Å²) >= 11 is 0. The predicted molar refractivity (Wildman–Crippen MR) is 80.3 cm³/mol. The molecule has 1 aromatic heterocycles. The molecule has 0 atom stereocenters. The van der Waals surface area contributed by atoms with E-state index >= 15 is 0 Å². The number of benzene rings is 1. The Balaban J connectivity index is 1.63. The Hall–Kier alpha value is -2.96. The van der Waals surface area contributed by atoms with Crippen LogP contribution in [-0.2, 0) is 0 Å². The van der Waals surface area contributed by atoms with Gasteiger partial charge in [-0.05, 0) is 30.3 Å². The molecule has 0 unspecified atom stereocenters. The maximum absolute atomic E-state index is 12.4. The van der Waals surface area contributed by atoms with Crippen LogP contribution in [0.5, 0.6) is 11.5 Å². The fourth-order valence-electron chi connectivity index (χ4n) is 2.51. The number of carbonyl (C=O) groups is 2. The molecule has 0 saturated carbocycles. The van der Waals surface area contributed by atoms with Crippen molar-refractivity contribution in [2.45, 2.75) is 0 Å². The zero-order chi connectivity index (χ0) is 16.4. The number of aromatic hydroxyl groups is 2. The number of phenolic OH excluding ortho intramolecular Hbond substituents is 2. The summed E-state index contributed by atoms with van der Waals surface area (Å²) in [6, 6.07) is 7.23. The van der Waals surface area contributed by atoms with Gasteiger partial charge in [-0.2, -0.15) is 0 Å². The lowest BCUT2D eigenvalue weighted by Crippen LogP contribution is -2.50. The molecule has 23 heavy (non-hydrogen) atoms. The van der Waals surface area contributed by atoms with Gasteiger partial charge in [-0.15, -0.1) is 0 Å². The molecule has 0 aliphatic carbocycles. The van der Waals surface area contributed by atoms with Crippen LogP contribution in [0.4, 0.5) is 0 Å². The largest absolute Gasteiger partial charge is 0.504 e. The molecule has 2 N–H and O–H groups in total. The minimum absolute atomic E-state index is 0.190. The van der Waals surface area contributed by atoms with E-state index in [1.54, 1.807) is 21.9 Å². The maximum atomic E-state index is 12.4. The molecule has 2 aromatic rings. The van der Waals surface area contributed by atoms with E-state index in [-0.39, 0.29) is 29.1 Å². The number of piperazine rings is 1. The van der Waals surface area contributed by atoms with Gasteiger partial charge in [0.15, 0.2) is 17.3 Å². The number of hydrogen-bond acceptors (Lipinski definition) is 5. The van der Waals surface area contributed by atoms with Crippen LogP contribution in [0.25, 0.3) is 0 Å². The normalized spacial score (nSPS) is 14.8. The first kappa shape index (κ1) is 15.0. The van der Waals surface area contributed by atoms with E-state index in [0.717, 1.165) is 0 Å². The number of rotatable bonds is 2. The molecule has 0 radical (unpaired) electrons. The van der Waals surface area contributed by atoms with Crippen molar-refractivity contribution >= 4 is 11.8 Å². The molecule has 1 saturated heterocycles. The van der Waals surface area contributed by atoms with Crippen molar-refractivity contribution in [3.05, 3.63) is 47.9 Å². The van der Waals surface area contributed by atoms with Gasteiger partial charge < -0.3 is 24.4 Å². The van der Waals surface area contributed by atoms with Gasteiger partial charge >= 0.3 is 0 Å². The van der Waals surface area contributed by atoms with Crippen LogP contribution < -0.4 is 0 Å². The number of amides is 2. The van der Waals surface area contributed by atoms with E-state index in [1.807, 2.05) is 0 Å². The van der Waals surface area contributed by atoms with Crippen molar-refractivity contribution in [2.75, 3.05) is 26.2 Å². The third-order valence-corrected chi connectivity index (χ3v) is 3.81. The second-order valence-electron chi connectivity index (χ2n) is 5.27. The van der Waals surface area contributed by atoms with Crippen molar-refractivity contribution in [2.24, 2.45) is 0 Å². The minimum Gasteiger partial charge on any atom is -0.504 e. The topological polar surface area (TPSA) is 94.2 Å². The van der Waals surface area contributed by atoms with Crippen LogP contribution in [0.2, 0.25) is 0 Å². The van der Waals surface area contributed by atoms with Crippen molar-refractivity contribution < 1.29 is 24.2 Å². The van der Waals surface area contributed by atoms with Crippen LogP contribution in [0.1, 0.15) is 20.9 Å². The summed E-state index contributed by atoms with van der Waals surface area (Å²) in [6.45, 7) is 1.62. The molecule has 0 bridgehead atoms. The van der Waals surface area contributed by atoms with E-state index < -0.39 is 0 Å². The lowest BCUT2D eigenvalue weighted by Gasteiger charge is -2.34. The maximum Gasteiger partial charge on any atom is 0.289 e. The van der Waals surface area contributed by atoms with Gasteiger partial charge in [0.25, 0.3) is 11.8 Å². The van der Waals surface area contributed by atoms with E-state index in [4.69, 9.17) is 4.42 Å². The Morgan fingerprint density at radius 1 is 0.913 bits per heavy atom. The highest BCUT2D eigenvalue weighted by atomic mass is 16.3. The van der Waals surface area contributed by atoms with E-state index in [9.17, 15) is 19.8 Å². The van der Waals surface area contributed by atoms with Crippen LogP contribution in [0.3, 0.4) is 0 Å². The van der Waals surface area contributed by atoms with Crippen molar-refractivity contribution in [3.63, 3.8) is 0 Å². The molecular weight excluding hydrogens is 300 g/mol. The number of carbonyl (C=O) groups excluding carboxylic acids is 2. The Morgan fingerprint density at radius 2 is 1.57 bits per heavy atom. The van der Waals surface area contributed by atoms with Gasteiger partial charge in [0.05, 0.1) is 6.26 Å². The van der Waals surface area contributed by atoms with Gasteiger partial charge in [0.1, 0.15) is 0 Å². The molecule has 1 aromatic carbocycles. The molecule has 0 spiro atoms. The fraction of sp³-hybridized carbons (Fsp3) is 0.250. The zero-order valence-electron chi connectivity index (χ0n) is 12.3. The highest BCUT2D eigenvalue weighted by Crippen LogP contribution is 2.25. The van der Waals surface area contributed by atoms with Crippen molar-refractivity contribution in [1.82, 2.24) is 9.80 Å². The summed E-state index contributed by atoms with van der Waals surface area (Å²) < 4.78 is 5.09. The summed E-state index contributed by atoms with van der Waals surface area (Å²) in [4.78, 5) is 27.8.